The van der Waals surface area contributed by atoms with E-state index < -0.39 is 5.56 Å². The number of hydrogen-bond acceptors (Lipinski definition) is 4. The standard InChI is InChI=1S/C19H11Cl2N3O2S/c20-11-8-14-15(9-12(11)21)24-19(26)17(22-14)10-4-1-2-5-13(10)23-18(25)16-6-3-7-27-16/h1-9H,(H,23,25)(H,24,26). The lowest BCUT2D eigenvalue weighted by Crippen LogP contribution is -2.15. The minimum Gasteiger partial charge on any atom is -0.321 e. The maximum atomic E-state index is 12.6. The Morgan fingerprint density at radius 1 is 1.07 bits per heavy atom. The SMILES string of the molecule is O=C(Nc1ccccc1-c1nc2cc(Cl)c(Cl)cc2[nH]c1=O)c1cccs1. The summed E-state index contributed by atoms with van der Waals surface area (Å²) in [6.45, 7) is 0. The van der Waals surface area contributed by atoms with Crippen LogP contribution in [0.4, 0.5) is 5.69 Å². The fourth-order valence-corrected chi connectivity index (χ4v) is 3.60. The number of halogens is 2. The number of carbonyl (C=O) groups is 1. The molecular weight excluding hydrogens is 405 g/mol. The summed E-state index contributed by atoms with van der Waals surface area (Å²) in [5.41, 5.74) is 1.78. The van der Waals surface area contributed by atoms with Gasteiger partial charge in [0, 0.05) is 5.56 Å². The van der Waals surface area contributed by atoms with Gasteiger partial charge >= 0.3 is 0 Å². The van der Waals surface area contributed by atoms with Crippen LogP contribution in [0.15, 0.2) is 58.7 Å². The van der Waals surface area contributed by atoms with Crippen LogP contribution in [0.2, 0.25) is 10.0 Å². The second-order valence-electron chi connectivity index (χ2n) is 5.68. The molecule has 2 heterocycles. The van der Waals surface area contributed by atoms with E-state index >= 15 is 0 Å². The van der Waals surface area contributed by atoms with Crippen LogP contribution in [0.1, 0.15) is 9.67 Å². The van der Waals surface area contributed by atoms with Gasteiger partial charge < -0.3 is 10.3 Å². The van der Waals surface area contributed by atoms with Crippen molar-refractivity contribution in [3.8, 4) is 11.3 Å². The zero-order valence-corrected chi connectivity index (χ0v) is 16.0. The first-order valence-corrected chi connectivity index (χ1v) is 9.50. The number of hydrogen-bond donors (Lipinski definition) is 2. The summed E-state index contributed by atoms with van der Waals surface area (Å²) in [5, 5.41) is 5.34. The van der Waals surface area contributed by atoms with Gasteiger partial charge in [0.05, 0.1) is 31.6 Å². The van der Waals surface area contributed by atoms with Crippen molar-refractivity contribution in [1.82, 2.24) is 9.97 Å². The third kappa shape index (κ3) is 3.47. The molecule has 0 saturated carbocycles. The summed E-state index contributed by atoms with van der Waals surface area (Å²) in [5.74, 6) is -0.246. The normalized spacial score (nSPS) is 10.9. The fourth-order valence-electron chi connectivity index (χ4n) is 2.65. The van der Waals surface area contributed by atoms with Crippen LogP contribution in [-0.2, 0) is 0 Å². The highest BCUT2D eigenvalue weighted by atomic mass is 35.5. The maximum absolute atomic E-state index is 12.6. The van der Waals surface area contributed by atoms with Gasteiger partial charge in [0.15, 0.2) is 0 Å². The zero-order chi connectivity index (χ0) is 19.0. The summed E-state index contributed by atoms with van der Waals surface area (Å²) >= 11 is 13.4. The van der Waals surface area contributed by atoms with Crippen LogP contribution in [0.25, 0.3) is 22.3 Å². The number of carbonyl (C=O) groups excluding carboxylic acids is 1. The molecule has 5 nitrogen and oxygen atoms in total. The largest absolute Gasteiger partial charge is 0.321 e. The van der Waals surface area contributed by atoms with Crippen molar-refractivity contribution in [2.75, 3.05) is 5.32 Å². The van der Waals surface area contributed by atoms with Gasteiger partial charge in [-0.05, 0) is 29.6 Å². The number of amides is 1. The second-order valence-corrected chi connectivity index (χ2v) is 7.44. The number of nitrogens with zero attached hydrogens (tertiary/aromatic N) is 1. The number of fused-ring (bicyclic) bond motifs is 1. The molecule has 134 valence electrons. The molecule has 0 fully saturated rings. The Kier molecular flexibility index (Phi) is 4.70. The molecule has 2 N–H and O–H groups in total. The van der Waals surface area contributed by atoms with Crippen molar-refractivity contribution in [2.45, 2.75) is 0 Å². The number of aromatic nitrogens is 2. The van der Waals surface area contributed by atoms with E-state index in [0.717, 1.165) is 0 Å². The minimum absolute atomic E-state index is 0.183. The van der Waals surface area contributed by atoms with E-state index in [2.05, 4.69) is 15.3 Å². The molecule has 4 aromatic rings. The summed E-state index contributed by atoms with van der Waals surface area (Å²) in [4.78, 5) is 32.8. The van der Waals surface area contributed by atoms with E-state index in [1.807, 2.05) is 5.38 Å². The van der Waals surface area contributed by atoms with Crippen LogP contribution in [0, 0.1) is 0 Å². The molecule has 2 aromatic heterocycles. The smallest absolute Gasteiger partial charge is 0.275 e. The first-order chi connectivity index (χ1) is 13.0. The number of aromatic amines is 1. The highest BCUT2D eigenvalue weighted by molar-refractivity contribution is 7.12. The second kappa shape index (κ2) is 7.15. The molecule has 0 bridgehead atoms. The Hall–Kier alpha value is -2.67. The van der Waals surface area contributed by atoms with Crippen molar-refractivity contribution in [3.63, 3.8) is 0 Å². The van der Waals surface area contributed by atoms with Gasteiger partial charge in [-0.15, -0.1) is 11.3 Å². The van der Waals surface area contributed by atoms with Gasteiger partial charge in [0.2, 0.25) is 0 Å². The lowest BCUT2D eigenvalue weighted by molar-refractivity contribution is 0.103. The summed E-state index contributed by atoms with van der Waals surface area (Å²) in [7, 11) is 0. The predicted octanol–water partition coefficient (Wildman–Crippen LogP) is 5.21. The molecule has 0 spiro atoms. The number of H-pyrrole nitrogens is 1. The fraction of sp³-hybridized carbons (Fsp3) is 0. The lowest BCUT2D eigenvalue weighted by Gasteiger charge is -2.10. The summed E-state index contributed by atoms with van der Waals surface area (Å²) < 4.78 is 0. The molecule has 0 atom stereocenters. The van der Waals surface area contributed by atoms with Crippen molar-refractivity contribution >= 4 is 57.2 Å². The van der Waals surface area contributed by atoms with Gasteiger partial charge in [-0.2, -0.15) is 0 Å². The van der Waals surface area contributed by atoms with E-state index in [4.69, 9.17) is 23.2 Å². The number of anilines is 1. The Labute approximate surface area is 167 Å². The summed E-state index contributed by atoms with van der Waals surface area (Å²) in [6, 6.07) is 13.7. The van der Waals surface area contributed by atoms with Crippen LogP contribution < -0.4 is 10.9 Å². The molecule has 0 radical (unpaired) electrons. The monoisotopic (exact) mass is 415 g/mol. The molecule has 27 heavy (non-hydrogen) atoms. The summed E-state index contributed by atoms with van der Waals surface area (Å²) in [6.07, 6.45) is 0. The first kappa shape index (κ1) is 17.7. The number of benzene rings is 2. The average Bonchev–Trinajstić information content (AvgIpc) is 3.18. The Balaban J connectivity index is 1.82. The van der Waals surface area contributed by atoms with Crippen molar-refractivity contribution in [3.05, 3.63) is 79.2 Å². The number of para-hydroxylation sites is 1. The lowest BCUT2D eigenvalue weighted by atomic mass is 10.1. The molecule has 0 saturated heterocycles. The molecule has 1 amide bonds. The molecule has 0 aliphatic carbocycles. The van der Waals surface area contributed by atoms with E-state index in [0.29, 0.717) is 37.2 Å². The highest BCUT2D eigenvalue weighted by Crippen LogP contribution is 2.29. The third-order valence-electron chi connectivity index (χ3n) is 3.91. The van der Waals surface area contributed by atoms with Gasteiger partial charge in [0.25, 0.3) is 11.5 Å². The molecule has 2 aromatic carbocycles. The van der Waals surface area contributed by atoms with Crippen LogP contribution in [0.3, 0.4) is 0 Å². The van der Waals surface area contributed by atoms with Crippen LogP contribution in [0.5, 0.6) is 0 Å². The quantitative estimate of drug-likeness (QED) is 0.482. The highest BCUT2D eigenvalue weighted by Gasteiger charge is 2.15. The van der Waals surface area contributed by atoms with E-state index in [9.17, 15) is 9.59 Å². The zero-order valence-electron chi connectivity index (χ0n) is 13.6. The molecule has 4 rings (SSSR count). The average molecular weight is 416 g/mol. The van der Waals surface area contributed by atoms with Gasteiger partial charge in [0.1, 0.15) is 5.69 Å². The molecule has 0 aliphatic rings. The number of nitrogens with one attached hydrogen (secondary N) is 2. The molecule has 0 unspecified atom stereocenters. The molecule has 8 heteroatoms. The Bertz CT molecular complexity index is 1220. The molecule has 0 aliphatic heterocycles. The third-order valence-corrected chi connectivity index (χ3v) is 5.50. The van der Waals surface area contributed by atoms with Gasteiger partial charge in [-0.1, -0.05) is 47.5 Å². The van der Waals surface area contributed by atoms with Crippen LogP contribution in [-0.4, -0.2) is 15.9 Å². The van der Waals surface area contributed by atoms with Crippen molar-refractivity contribution < 1.29 is 4.79 Å². The van der Waals surface area contributed by atoms with Crippen LogP contribution >= 0.6 is 34.5 Å². The number of thiophene rings is 1. The van der Waals surface area contributed by atoms with E-state index in [1.165, 1.54) is 11.3 Å². The van der Waals surface area contributed by atoms with Gasteiger partial charge in [-0.25, -0.2) is 4.98 Å². The van der Waals surface area contributed by atoms with Gasteiger partial charge in [-0.3, -0.25) is 9.59 Å². The van der Waals surface area contributed by atoms with Crippen molar-refractivity contribution in [1.29, 1.82) is 0 Å². The molecular formula is C19H11Cl2N3O2S. The minimum atomic E-state index is -0.390. The maximum Gasteiger partial charge on any atom is 0.275 e. The van der Waals surface area contributed by atoms with Crippen molar-refractivity contribution in [2.24, 2.45) is 0 Å². The topological polar surface area (TPSA) is 74.8 Å². The Morgan fingerprint density at radius 3 is 2.63 bits per heavy atom. The number of rotatable bonds is 3. The van der Waals surface area contributed by atoms with E-state index in [-0.39, 0.29) is 11.6 Å². The Morgan fingerprint density at radius 2 is 1.85 bits per heavy atom. The van der Waals surface area contributed by atoms with E-state index in [1.54, 1.807) is 48.5 Å². The predicted molar refractivity (Wildman–Crippen MR) is 110 cm³/mol. The first-order valence-electron chi connectivity index (χ1n) is 7.86.